The van der Waals surface area contributed by atoms with E-state index >= 15 is 0 Å². The summed E-state index contributed by atoms with van der Waals surface area (Å²) in [6, 6.07) is 7.38. The Labute approximate surface area is 120 Å². The molecule has 3 N–H and O–H groups in total. The van der Waals surface area contributed by atoms with Crippen molar-refractivity contribution in [3.05, 3.63) is 29.8 Å². The molecule has 4 heteroatoms. The monoisotopic (exact) mass is 276 g/mol. The van der Waals surface area contributed by atoms with Crippen molar-refractivity contribution in [3.8, 4) is 0 Å². The van der Waals surface area contributed by atoms with Gasteiger partial charge in [-0.3, -0.25) is 4.79 Å². The van der Waals surface area contributed by atoms with Gasteiger partial charge in [0.1, 0.15) is 0 Å². The molecule has 0 spiro atoms. The Morgan fingerprint density at radius 2 is 2.00 bits per heavy atom. The van der Waals surface area contributed by atoms with Crippen molar-refractivity contribution in [2.24, 2.45) is 5.92 Å². The first kappa shape index (κ1) is 14.9. The molecule has 0 unspecified atom stereocenters. The molecule has 1 aromatic rings. The summed E-state index contributed by atoms with van der Waals surface area (Å²) in [6.07, 6.45) is 3.59. The highest BCUT2D eigenvalue weighted by atomic mass is 16.3. The highest BCUT2D eigenvalue weighted by Gasteiger charge is 2.32. The maximum absolute atomic E-state index is 12.2. The van der Waals surface area contributed by atoms with Crippen molar-refractivity contribution in [1.29, 1.82) is 0 Å². The molecule has 1 amide bonds. The van der Waals surface area contributed by atoms with Gasteiger partial charge in [0.25, 0.3) is 5.91 Å². The number of para-hydroxylation sites is 1. The number of carbonyl (C=O) groups excluding carboxylic acids is 1. The van der Waals surface area contributed by atoms with Crippen LogP contribution in [0.1, 0.15) is 43.0 Å². The predicted molar refractivity (Wildman–Crippen MR) is 80.9 cm³/mol. The molecule has 1 fully saturated rings. The van der Waals surface area contributed by atoms with Gasteiger partial charge in [0.15, 0.2) is 0 Å². The second-order valence-corrected chi connectivity index (χ2v) is 5.89. The van der Waals surface area contributed by atoms with Crippen LogP contribution in [0, 0.1) is 5.92 Å². The van der Waals surface area contributed by atoms with Crippen molar-refractivity contribution in [2.45, 2.75) is 38.2 Å². The standard InChI is InChI=1S/C16H24N2O2/c1-12-7-9-16(20,10-8-12)11-18-15(19)13-5-3-4-6-14(13)17-2/h3-6,12,17,20H,7-11H2,1-2H3,(H,18,19). The van der Waals surface area contributed by atoms with E-state index < -0.39 is 5.60 Å². The van der Waals surface area contributed by atoms with Gasteiger partial charge in [-0.05, 0) is 43.7 Å². The second-order valence-electron chi connectivity index (χ2n) is 5.89. The van der Waals surface area contributed by atoms with Gasteiger partial charge in [-0.25, -0.2) is 0 Å². The first-order chi connectivity index (χ1) is 9.54. The third kappa shape index (κ3) is 3.51. The highest BCUT2D eigenvalue weighted by molar-refractivity contribution is 5.99. The number of benzene rings is 1. The topological polar surface area (TPSA) is 61.4 Å². The number of rotatable bonds is 4. The quantitative estimate of drug-likeness (QED) is 0.791. The number of hydrogen-bond acceptors (Lipinski definition) is 3. The molecule has 1 saturated carbocycles. The third-order valence-electron chi connectivity index (χ3n) is 4.22. The highest BCUT2D eigenvalue weighted by Crippen LogP contribution is 2.31. The Kier molecular flexibility index (Phi) is 4.65. The Hall–Kier alpha value is -1.55. The van der Waals surface area contributed by atoms with Gasteiger partial charge in [0, 0.05) is 19.3 Å². The lowest BCUT2D eigenvalue weighted by molar-refractivity contribution is -0.00539. The van der Waals surface area contributed by atoms with E-state index in [1.165, 1.54) is 0 Å². The molecular formula is C16H24N2O2. The lowest BCUT2D eigenvalue weighted by Crippen LogP contribution is -2.45. The molecule has 0 aromatic heterocycles. The van der Waals surface area contributed by atoms with Crippen molar-refractivity contribution in [3.63, 3.8) is 0 Å². The zero-order valence-corrected chi connectivity index (χ0v) is 12.3. The van der Waals surface area contributed by atoms with E-state index in [1.807, 2.05) is 18.2 Å². The first-order valence-corrected chi connectivity index (χ1v) is 7.31. The fraction of sp³-hybridized carbons (Fsp3) is 0.562. The van der Waals surface area contributed by atoms with Crippen LogP contribution in [0.25, 0.3) is 0 Å². The van der Waals surface area contributed by atoms with Crippen LogP contribution in [0.15, 0.2) is 24.3 Å². The van der Waals surface area contributed by atoms with Gasteiger partial charge in [0.2, 0.25) is 0 Å². The SMILES string of the molecule is CNc1ccccc1C(=O)NCC1(O)CCC(C)CC1. The van der Waals surface area contributed by atoms with Crippen LogP contribution in [0.3, 0.4) is 0 Å². The number of nitrogens with one attached hydrogen (secondary N) is 2. The maximum atomic E-state index is 12.2. The first-order valence-electron chi connectivity index (χ1n) is 7.31. The van der Waals surface area contributed by atoms with Crippen LogP contribution < -0.4 is 10.6 Å². The van der Waals surface area contributed by atoms with Crippen molar-refractivity contribution >= 4 is 11.6 Å². The van der Waals surface area contributed by atoms with Gasteiger partial charge < -0.3 is 15.7 Å². The zero-order chi connectivity index (χ0) is 14.6. The summed E-state index contributed by atoms with van der Waals surface area (Å²) in [6.45, 7) is 2.54. The molecule has 0 heterocycles. The fourth-order valence-corrected chi connectivity index (χ4v) is 2.72. The molecule has 0 atom stereocenters. The molecule has 110 valence electrons. The van der Waals surface area contributed by atoms with Crippen LogP contribution >= 0.6 is 0 Å². The van der Waals surface area contributed by atoms with E-state index in [4.69, 9.17) is 0 Å². The molecule has 1 aromatic carbocycles. The normalized spacial score (nSPS) is 26.1. The average molecular weight is 276 g/mol. The van der Waals surface area contributed by atoms with E-state index in [0.717, 1.165) is 31.4 Å². The lowest BCUT2D eigenvalue weighted by atomic mass is 9.79. The molecule has 1 aliphatic carbocycles. The molecule has 0 saturated heterocycles. The fourth-order valence-electron chi connectivity index (χ4n) is 2.72. The summed E-state index contributed by atoms with van der Waals surface area (Å²) < 4.78 is 0. The summed E-state index contributed by atoms with van der Waals surface area (Å²) in [5.41, 5.74) is 0.675. The Morgan fingerprint density at radius 3 is 2.65 bits per heavy atom. The molecule has 1 aliphatic rings. The number of anilines is 1. The minimum absolute atomic E-state index is 0.137. The number of hydrogen-bond donors (Lipinski definition) is 3. The Morgan fingerprint density at radius 1 is 1.35 bits per heavy atom. The van der Waals surface area contributed by atoms with Gasteiger partial charge in [-0.15, -0.1) is 0 Å². The molecule has 4 nitrogen and oxygen atoms in total. The van der Waals surface area contributed by atoms with E-state index in [2.05, 4.69) is 17.6 Å². The van der Waals surface area contributed by atoms with E-state index in [-0.39, 0.29) is 5.91 Å². The summed E-state index contributed by atoms with van der Waals surface area (Å²) in [5, 5.41) is 16.4. The van der Waals surface area contributed by atoms with Crippen LogP contribution in [0.4, 0.5) is 5.69 Å². The van der Waals surface area contributed by atoms with Crippen molar-refractivity contribution in [1.82, 2.24) is 5.32 Å². The molecule has 20 heavy (non-hydrogen) atoms. The largest absolute Gasteiger partial charge is 0.388 e. The van der Waals surface area contributed by atoms with Crippen LogP contribution in [0.2, 0.25) is 0 Å². The predicted octanol–water partition coefficient (Wildman–Crippen LogP) is 2.40. The van der Waals surface area contributed by atoms with Gasteiger partial charge in [-0.2, -0.15) is 0 Å². The summed E-state index contributed by atoms with van der Waals surface area (Å²) >= 11 is 0. The Balaban J connectivity index is 1.95. The molecule has 2 rings (SSSR count). The molecular weight excluding hydrogens is 252 g/mol. The van der Waals surface area contributed by atoms with E-state index in [0.29, 0.717) is 18.0 Å². The van der Waals surface area contributed by atoms with Crippen LogP contribution in [0.5, 0.6) is 0 Å². The van der Waals surface area contributed by atoms with Crippen LogP contribution in [-0.2, 0) is 0 Å². The maximum Gasteiger partial charge on any atom is 0.253 e. The van der Waals surface area contributed by atoms with Crippen molar-refractivity contribution < 1.29 is 9.90 Å². The van der Waals surface area contributed by atoms with E-state index in [9.17, 15) is 9.90 Å². The average Bonchev–Trinajstić information content (AvgIpc) is 2.48. The summed E-state index contributed by atoms with van der Waals surface area (Å²) in [5.74, 6) is 0.540. The molecule has 0 aliphatic heterocycles. The minimum Gasteiger partial charge on any atom is -0.388 e. The Bertz CT molecular complexity index is 465. The second kappa shape index (κ2) is 6.27. The zero-order valence-electron chi connectivity index (χ0n) is 12.3. The number of carbonyl (C=O) groups is 1. The number of aliphatic hydroxyl groups is 1. The molecule has 0 bridgehead atoms. The number of amides is 1. The smallest absolute Gasteiger partial charge is 0.253 e. The van der Waals surface area contributed by atoms with Gasteiger partial charge in [-0.1, -0.05) is 19.1 Å². The summed E-state index contributed by atoms with van der Waals surface area (Å²) in [7, 11) is 1.79. The third-order valence-corrected chi connectivity index (χ3v) is 4.22. The summed E-state index contributed by atoms with van der Waals surface area (Å²) in [4.78, 5) is 12.2. The van der Waals surface area contributed by atoms with Crippen LogP contribution in [-0.4, -0.2) is 30.2 Å². The minimum atomic E-state index is -0.739. The lowest BCUT2D eigenvalue weighted by Gasteiger charge is -2.35. The van der Waals surface area contributed by atoms with E-state index in [1.54, 1.807) is 13.1 Å². The van der Waals surface area contributed by atoms with Crippen molar-refractivity contribution in [2.75, 3.05) is 18.9 Å². The van der Waals surface area contributed by atoms with Gasteiger partial charge >= 0.3 is 0 Å². The molecule has 0 radical (unpaired) electrons. The van der Waals surface area contributed by atoms with Gasteiger partial charge in [0.05, 0.1) is 11.2 Å².